The topological polar surface area (TPSA) is 151 Å². The molecule has 0 saturated carbocycles. The summed E-state index contributed by atoms with van der Waals surface area (Å²) in [5.74, 6) is 0.367. The molecular formula is C34H18Br3Cl5N5O6P. The van der Waals surface area contributed by atoms with Crippen LogP contribution in [-0.2, 0) is 4.57 Å². The fourth-order valence-electron chi connectivity index (χ4n) is 5.38. The van der Waals surface area contributed by atoms with E-state index in [1.54, 1.807) is 79.1 Å². The molecule has 0 atom stereocenters. The number of para-hydroxylation sites is 1. The van der Waals surface area contributed by atoms with Gasteiger partial charge in [0.15, 0.2) is 0 Å². The lowest BCUT2D eigenvalue weighted by Crippen LogP contribution is -2.08. The van der Waals surface area contributed by atoms with Crippen LogP contribution in [0.15, 0.2) is 98.6 Å². The number of rotatable bonds is 8. The number of aromatic nitrogens is 4. The second kappa shape index (κ2) is 15.7. The molecule has 0 amide bonds. The van der Waals surface area contributed by atoms with Crippen molar-refractivity contribution >= 4 is 152 Å². The number of nitrogens with zero attached hydrogens (tertiary/aromatic N) is 1. The SMILES string of the molecule is O=P(Oc1cc2c(Cl)c(Br)ccc2[nH]1)(Oc1cc2c(Cl)c(Br)ccc2[nH]1)Oc1cc2c(Cl)c(Br)ccc2[nH]1.O=[N+]([O-])c1c(Cl)cccc1-c1c[nH]cc1Cl. The molecule has 0 aliphatic rings. The van der Waals surface area contributed by atoms with Crippen LogP contribution < -0.4 is 13.6 Å². The van der Waals surface area contributed by atoms with E-state index in [1.807, 2.05) is 0 Å². The summed E-state index contributed by atoms with van der Waals surface area (Å²) in [5.41, 5.74) is 2.85. The molecular weight excluding hydrogens is 1020 g/mol. The second-order valence-electron chi connectivity index (χ2n) is 11.2. The summed E-state index contributed by atoms with van der Waals surface area (Å²) < 4.78 is 33.8. The van der Waals surface area contributed by atoms with Gasteiger partial charge < -0.3 is 33.5 Å². The van der Waals surface area contributed by atoms with Crippen molar-refractivity contribution in [2.45, 2.75) is 0 Å². The van der Waals surface area contributed by atoms with Crippen molar-refractivity contribution in [2.24, 2.45) is 0 Å². The summed E-state index contributed by atoms with van der Waals surface area (Å²) in [6, 6.07) is 20.3. The molecule has 276 valence electrons. The van der Waals surface area contributed by atoms with Crippen LogP contribution >= 0.6 is 114 Å². The number of phosphoric ester groups is 1. The summed E-state index contributed by atoms with van der Waals surface area (Å²) in [4.78, 5) is 22.3. The number of halogens is 8. The highest BCUT2D eigenvalue weighted by atomic mass is 79.9. The second-order valence-corrected chi connectivity index (χ2v) is 17.2. The highest BCUT2D eigenvalue weighted by molar-refractivity contribution is 9.11. The molecule has 4 aromatic heterocycles. The molecule has 8 aromatic rings. The number of hydrogen-bond acceptors (Lipinski definition) is 6. The predicted octanol–water partition coefficient (Wildman–Crippen LogP) is 14.9. The largest absolute Gasteiger partial charge is 0.650 e. The predicted molar refractivity (Wildman–Crippen MR) is 225 cm³/mol. The van der Waals surface area contributed by atoms with Crippen LogP contribution in [0.2, 0.25) is 25.1 Å². The quantitative estimate of drug-likeness (QED) is 0.0676. The number of nitro groups is 1. The Morgan fingerprint density at radius 2 is 1.02 bits per heavy atom. The van der Waals surface area contributed by atoms with Crippen LogP contribution in [0.1, 0.15) is 0 Å². The van der Waals surface area contributed by atoms with Crippen LogP contribution in [0.5, 0.6) is 17.6 Å². The van der Waals surface area contributed by atoms with E-state index in [1.165, 1.54) is 6.07 Å². The zero-order valence-corrected chi connectivity index (χ0v) is 35.9. The zero-order valence-electron chi connectivity index (χ0n) is 26.5. The Bertz CT molecular complexity index is 2590. The van der Waals surface area contributed by atoms with Crippen molar-refractivity contribution in [3.05, 3.63) is 134 Å². The lowest BCUT2D eigenvalue weighted by atomic mass is 10.1. The minimum atomic E-state index is -4.39. The summed E-state index contributed by atoms with van der Waals surface area (Å²) >= 11 is 41.2. The van der Waals surface area contributed by atoms with E-state index in [-0.39, 0.29) is 28.3 Å². The molecule has 0 saturated heterocycles. The van der Waals surface area contributed by atoms with Gasteiger partial charge in [-0.2, -0.15) is 4.57 Å². The number of fused-ring (bicyclic) bond motifs is 3. The fourth-order valence-corrected chi connectivity index (χ4v) is 8.67. The van der Waals surface area contributed by atoms with E-state index in [0.29, 0.717) is 77.3 Å². The van der Waals surface area contributed by atoms with Crippen molar-refractivity contribution in [3.63, 3.8) is 0 Å². The number of benzene rings is 4. The van der Waals surface area contributed by atoms with Crippen molar-refractivity contribution in [1.29, 1.82) is 0 Å². The Balaban J connectivity index is 0.000000235. The highest BCUT2D eigenvalue weighted by Gasteiger charge is 2.36. The molecule has 0 aliphatic heterocycles. The van der Waals surface area contributed by atoms with Gasteiger partial charge in [0.05, 0.1) is 30.6 Å². The molecule has 8 rings (SSSR count). The normalized spacial score (nSPS) is 11.6. The molecule has 0 fully saturated rings. The molecule has 20 heteroatoms. The third-order valence-electron chi connectivity index (χ3n) is 7.78. The Morgan fingerprint density at radius 1 is 0.593 bits per heavy atom. The fraction of sp³-hybridized carbons (Fsp3) is 0. The molecule has 0 radical (unpaired) electrons. The summed E-state index contributed by atoms with van der Waals surface area (Å²) in [5, 5.41) is 14.8. The first kappa shape index (κ1) is 39.0. The van der Waals surface area contributed by atoms with Gasteiger partial charge in [0.25, 0.3) is 5.69 Å². The van der Waals surface area contributed by atoms with E-state index in [4.69, 9.17) is 71.6 Å². The van der Waals surface area contributed by atoms with Crippen LogP contribution in [0, 0.1) is 10.1 Å². The van der Waals surface area contributed by atoms with Gasteiger partial charge in [-0.1, -0.05) is 64.1 Å². The smallest absolute Gasteiger partial charge is 0.369 e. The molecule has 54 heavy (non-hydrogen) atoms. The van der Waals surface area contributed by atoms with Gasteiger partial charge in [0.1, 0.15) is 5.02 Å². The molecule has 4 aromatic carbocycles. The zero-order chi connectivity index (χ0) is 38.5. The summed E-state index contributed by atoms with van der Waals surface area (Å²) in [6.45, 7) is 0. The first-order chi connectivity index (χ1) is 25.7. The van der Waals surface area contributed by atoms with Gasteiger partial charge in [0, 0.05) is 82.3 Å². The van der Waals surface area contributed by atoms with Crippen LogP contribution in [0.25, 0.3) is 43.8 Å². The molecule has 11 nitrogen and oxygen atoms in total. The Kier molecular flexibility index (Phi) is 11.3. The van der Waals surface area contributed by atoms with Gasteiger partial charge in [0.2, 0.25) is 17.6 Å². The Labute approximate surface area is 354 Å². The standard InChI is InChI=1S/C24H12Br3Cl3N3O4P.C10H6Cl2N2O2/c25-13-1-4-16-10(22(13)28)7-19(31-16)35-38(34,36-20-8-11-17(32-20)5-2-14(26)23(11)29)37-21-9-12-18(33-21)6-3-15(27)24(12)30;11-8-3-1-2-6(10(8)14(15)16)7-4-13-5-9(7)12/h1-9,31-33H;1-5,13H. The third kappa shape index (κ3) is 7.86. The van der Waals surface area contributed by atoms with Gasteiger partial charge in [-0.25, -0.2) is 0 Å². The Morgan fingerprint density at radius 3 is 1.39 bits per heavy atom. The van der Waals surface area contributed by atoms with Crippen LogP contribution in [0.3, 0.4) is 0 Å². The lowest BCUT2D eigenvalue weighted by Gasteiger charge is -2.16. The number of phosphoric acid groups is 1. The third-order valence-corrected chi connectivity index (χ3v) is 13.6. The molecule has 4 heterocycles. The average molecular weight is 1040 g/mol. The lowest BCUT2D eigenvalue weighted by molar-refractivity contribution is -0.384. The number of H-pyrrole nitrogens is 4. The van der Waals surface area contributed by atoms with Gasteiger partial charge >= 0.3 is 7.82 Å². The average Bonchev–Trinajstić information content (AvgIpc) is 3.92. The minimum absolute atomic E-state index is 0.0970. The van der Waals surface area contributed by atoms with Crippen molar-refractivity contribution in [2.75, 3.05) is 0 Å². The van der Waals surface area contributed by atoms with E-state index < -0.39 is 12.7 Å². The number of nitro benzene ring substituents is 1. The van der Waals surface area contributed by atoms with E-state index in [9.17, 15) is 14.7 Å². The summed E-state index contributed by atoms with van der Waals surface area (Å²) in [6.07, 6.45) is 3.16. The van der Waals surface area contributed by atoms with Crippen molar-refractivity contribution in [1.82, 2.24) is 19.9 Å². The number of aromatic amines is 4. The molecule has 0 unspecified atom stereocenters. The van der Waals surface area contributed by atoms with E-state index in [2.05, 4.69) is 67.7 Å². The molecule has 0 spiro atoms. The van der Waals surface area contributed by atoms with Gasteiger partial charge in [-0.3, -0.25) is 10.1 Å². The minimum Gasteiger partial charge on any atom is -0.369 e. The van der Waals surface area contributed by atoms with E-state index in [0.717, 1.165) is 0 Å². The van der Waals surface area contributed by atoms with E-state index >= 15 is 0 Å². The van der Waals surface area contributed by atoms with Crippen molar-refractivity contribution in [3.8, 4) is 28.8 Å². The Hall–Kier alpha value is -3.30. The maximum atomic E-state index is 14.2. The highest BCUT2D eigenvalue weighted by Crippen LogP contribution is 2.51. The maximum Gasteiger partial charge on any atom is 0.650 e. The van der Waals surface area contributed by atoms with Gasteiger partial charge in [-0.15, -0.1) is 0 Å². The maximum absolute atomic E-state index is 14.2. The van der Waals surface area contributed by atoms with Crippen molar-refractivity contribution < 1.29 is 23.1 Å². The van der Waals surface area contributed by atoms with Gasteiger partial charge in [-0.05, 0) is 96.3 Å². The first-order valence-electron chi connectivity index (χ1n) is 15.1. The number of nitrogens with one attached hydrogen (secondary N) is 4. The molecule has 4 N–H and O–H groups in total. The first-order valence-corrected chi connectivity index (χ1v) is 20.8. The monoisotopic (exact) mass is 1030 g/mol. The summed E-state index contributed by atoms with van der Waals surface area (Å²) in [7, 11) is -4.39. The molecule has 0 aliphatic carbocycles. The van der Waals surface area contributed by atoms with Crippen LogP contribution in [-0.4, -0.2) is 24.9 Å². The number of hydrogen-bond donors (Lipinski definition) is 4. The van der Waals surface area contributed by atoms with Crippen LogP contribution in [0.4, 0.5) is 5.69 Å². The molecule has 0 bridgehead atoms.